The molecule has 0 aromatic carbocycles. The summed E-state index contributed by atoms with van der Waals surface area (Å²) >= 11 is 0. The average molecular weight is 379 g/mol. The largest absolute Gasteiger partial charge is 0.467 e. The summed E-state index contributed by atoms with van der Waals surface area (Å²) < 4.78 is 5.01. The molecular formula is C21H34N2O4. The van der Waals surface area contributed by atoms with Crippen LogP contribution in [0.3, 0.4) is 0 Å². The Hall–Kier alpha value is -1.59. The van der Waals surface area contributed by atoms with E-state index in [1.54, 1.807) is 0 Å². The first-order chi connectivity index (χ1) is 12.7. The first-order valence-electron chi connectivity index (χ1n) is 10.4. The third-order valence-electron chi connectivity index (χ3n) is 6.52. The van der Waals surface area contributed by atoms with Crippen molar-refractivity contribution in [3.8, 4) is 0 Å². The summed E-state index contributed by atoms with van der Waals surface area (Å²) in [5.74, 6) is 0.0458. The van der Waals surface area contributed by atoms with E-state index >= 15 is 0 Å². The molecular weight excluding hydrogens is 344 g/mol. The van der Waals surface area contributed by atoms with Gasteiger partial charge >= 0.3 is 5.97 Å². The van der Waals surface area contributed by atoms with Crippen molar-refractivity contribution in [2.75, 3.05) is 20.2 Å². The van der Waals surface area contributed by atoms with Crippen molar-refractivity contribution in [2.24, 2.45) is 17.3 Å². The van der Waals surface area contributed by atoms with E-state index in [4.69, 9.17) is 4.74 Å². The molecule has 3 rings (SSSR count). The second-order valence-electron chi connectivity index (χ2n) is 9.47. The zero-order chi connectivity index (χ0) is 19.8. The van der Waals surface area contributed by atoms with Crippen LogP contribution in [0.1, 0.15) is 65.7 Å². The van der Waals surface area contributed by atoms with E-state index < -0.39 is 11.5 Å². The van der Waals surface area contributed by atoms with Gasteiger partial charge in [-0.1, -0.05) is 33.6 Å². The van der Waals surface area contributed by atoms with Crippen molar-refractivity contribution in [3.05, 3.63) is 0 Å². The van der Waals surface area contributed by atoms with Gasteiger partial charge in [-0.3, -0.25) is 9.59 Å². The van der Waals surface area contributed by atoms with Gasteiger partial charge in [0.2, 0.25) is 11.8 Å². The van der Waals surface area contributed by atoms with Crippen LogP contribution in [0, 0.1) is 17.3 Å². The quantitative estimate of drug-likeness (QED) is 0.693. The number of carbonyl (C=O) groups is 3. The molecule has 3 fully saturated rings. The topological polar surface area (TPSA) is 66.9 Å². The Morgan fingerprint density at radius 2 is 1.70 bits per heavy atom. The van der Waals surface area contributed by atoms with Gasteiger partial charge in [-0.2, -0.15) is 0 Å². The lowest BCUT2D eigenvalue weighted by atomic mass is 9.84. The van der Waals surface area contributed by atoms with Crippen molar-refractivity contribution in [2.45, 2.75) is 77.8 Å². The van der Waals surface area contributed by atoms with Gasteiger partial charge in [0.15, 0.2) is 0 Å². The van der Waals surface area contributed by atoms with E-state index in [2.05, 4.69) is 0 Å². The Kier molecular flexibility index (Phi) is 5.82. The number of likely N-dealkylation sites (tertiary alicyclic amines) is 2. The Labute approximate surface area is 162 Å². The normalized spacial score (nSPS) is 31.4. The smallest absolute Gasteiger partial charge is 0.328 e. The van der Waals surface area contributed by atoms with E-state index in [1.807, 2.05) is 30.6 Å². The number of piperidine rings is 1. The molecule has 0 radical (unpaired) electrons. The molecule has 0 bridgehead atoms. The minimum absolute atomic E-state index is 0.0474. The maximum absolute atomic E-state index is 13.5. The van der Waals surface area contributed by atoms with Crippen LogP contribution in [0.2, 0.25) is 0 Å². The first-order valence-corrected chi connectivity index (χ1v) is 10.4. The van der Waals surface area contributed by atoms with Gasteiger partial charge < -0.3 is 14.5 Å². The van der Waals surface area contributed by atoms with Crippen LogP contribution in [0.25, 0.3) is 0 Å². The Bertz CT molecular complexity index is 597. The predicted octanol–water partition coefficient (Wildman–Crippen LogP) is 2.60. The lowest BCUT2D eigenvalue weighted by Gasteiger charge is -2.40. The molecule has 2 saturated heterocycles. The summed E-state index contributed by atoms with van der Waals surface area (Å²) in [7, 11) is 1.40. The molecule has 1 saturated carbocycles. The number of hydrogen-bond acceptors (Lipinski definition) is 4. The fourth-order valence-corrected chi connectivity index (χ4v) is 5.17. The van der Waals surface area contributed by atoms with Crippen molar-refractivity contribution in [1.29, 1.82) is 0 Å². The Balaban J connectivity index is 1.77. The van der Waals surface area contributed by atoms with Gasteiger partial charge in [0.05, 0.1) is 13.0 Å². The molecule has 6 heteroatoms. The molecule has 27 heavy (non-hydrogen) atoms. The van der Waals surface area contributed by atoms with E-state index in [0.29, 0.717) is 19.0 Å². The molecule has 152 valence electrons. The minimum atomic E-state index is -0.454. The molecule has 2 amide bonds. The van der Waals surface area contributed by atoms with Crippen LogP contribution >= 0.6 is 0 Å². The highest BCUT2D eigenvalue weighted by Gasteiger charge is 2.49. The molecule has 1 aliphatic carbocycles. The summed E-state index contributed by atoms with van der Waals surface area (Å²) in [6.45, 7) is 6.94. The molecule has 0 aromatic heterocycles. The second kappa shape index (κ2) is 7.80. The molecule has 6 nitrogen and oxygen atoms in total. The van der Waals surface area contributed by atoms with E-state index in [9.17, 15) is 14.4 Å². The van der Waals surface area contributed by atoms with Gasteiger partial charge in [0, 0.05) is 24.5 Å². The van der Waals surface area contributed by atoms with Gasteiger partial charge in [-0.25, -0.2) is 4.79 Å². The highest BCUT2D eigenvalue weighted by Crippen LogP contribution is 2.41. The zero-order valence-electron chi connectivity index (χ0n) is 17.2. The SMILES string of the molecule is COC(=O)C1CC2CCCCC2N1C(=O)C1CCCN(C(=O)C(C)(C)C)C1. The zero-order valence-corrected chi connectivity index (χ0v) is 17.2. The Morgan fingerprint density at radius 3 is 2.37 bits per heavy atom. The molecule has 0 spiro atoms. The molecule has 2 aliphatic heterocycles. The monoisotopic (exact) mass is 378 g/mol. The summed E-state index contributed by atoms with van der Waals surface area (Å²) in [6, 6.07) is -0.298. The third-order valence-corrected chi connectivity index (χ3v) is 6.52. The van der Waals surface area contributed by atoms with Crippen LogP contribution in [0.5, 0.6) is 0 Å². The number of fused-ring (bicyclic) bond motifs is 1. The van der Waals surface area contributed by atoms with Crippen molar-refractivity contribution >= 4 is 17.8 Å². The van der Waals surface area contributed by atoms with Gasteiger partial charge in [0.25, 0.3) is 0 Å². The number of esters is 1. The molecule has 3 aliphatic rings. The van der Waals surface area contributed by atoms with Crippen LogP contribution in [-0.4, -0.2) is 59.9 Å². The summed E-state index contributed by atoms with van der Waals surface area (Å²) in [5, 5.41) is 0. The standard InChI is InChI=1S/C21H34N2O4/c1-21(2,3)20(26)22-11-7-9-15(13-22)18(24)23-16-10-6-5-8-14(16)12-17(23)19(25)27-4/h14-17H,5-13H2,1-4H3. The molecule has 0 aromatic rings. The van der Waals surface area contributed by atoms with Gasteiger partial charge in [-0.15, -0.1) is 0 Å². The van der Waals surface area contributed by atoms with E-state index in [1.165, 1.54) is 13.5 Å². The second-order valence-corrected chi connectivity index (χ2v) is 9.47. The van der Waals surface area contributed by atoms with Crippen LogP contribution < -0.4 is 0 Å². The van der Waals surface area contributed by atoms with Gasteiger partial charge in [0.1, 0.15) is 6.04 Å². The van der Waals surface area contributed by atoms with Gasteiger partial charge in [-0.05, 0) is 38.0 Å². The van der Waals surface area contributed by atoms with E-state index in [0.717, 1.165) is 38.5 Å². The predicted molar refractivity (Wildman–Crippen MR) is 102 cm³/mol. The number of hydrogen-bond donors (Lipinski definition) is 0. The summed E-state index contributed by atoms with van der Waals surface area (Å²) in [5.41, 5.74) is -0.443. The van der Waals surface area contributed by atoms with Crippen molar-refractivity contribution in [3.63, 3.8) is 0 Å². The third kappa shape index (κ3) is 3.99. The highest BCUT2D eigenvalue weighted by molar-refractivity contribution is 5.88. The Morgan fingerprint density at radius 1 is 1.00 bits per heavy atom. The van der Waals surface area contributed by atoms with Crippen LogP contribution in [0.15, 0.2) is 0 Å². The van der Waals surface area contributed by atoms with Crippen molar-refractivity contribution in [1.82, 2.24) is 9.80 Å². The minimum Gasteiger partial charge on any atom is -0.467 e. The number of methoxy groups -OCH3 is 1. The number of carbonyl (C=O) groups excluding carboxylic acids is 3. The molecule has 4 atom stereocenters. The number of ether oxygens (including phenoxy) is 1. The fraction of sp³-hybridized carbons (Fsp3) is 0.857. The lowest BCUT2D eigenvalue weighted by Crippen LogP contribution is -2.53. The highest BCUT2D eigenvalue weighted by atomic mass is 16.5. The van der Waals surface area contributed by atoms with E-state index in [-0.39, 0.29) is 29.7 Å². The molecule has 4 unspecified atom stereocenters. The summed E-state index contributed by atoms with van der Waals surface area (Å²) in [4.78, 5) is 42.2. The number of rotatable bonds is 2. The lowest BCUT2D eigenvalue weighted by molar-refractivity contribution is -0.156. The average Bonchev–Trinajstić information content (AvgIpc) is 3.05. The van der Waals surface area contributed by atoms with Crippen LogP contribution in [0.4, 0.5) is 0 Å². The maximum Gasteiger partial charge on any atom is 0.328 e. The molecule has 0 N–H and O–H groups in total. The number of amides is 2. The van der Waals surface area contributed by atoms with Crippen molar-refractivity contribution < 1.29 is 19.1 Å². The number of nitrogens with zero attached hydrogens (tertiary/aromatic N) is 2. The van der Waals surface area contributed by atoms with Crippen LogP contribution in [-0.2, 0) is 19.1 Å². The first kappa shape index (κ1) is 20.2. The summed E-state index contributed by atoms with van der Waals surface area (Å²) in [6.07, 6.45) is 6.69. The molecule has 2 heterocycles. The maximum atomic E-state index is 13.5. The fourth-order valence-electron chi connectivity index (χ4n) is 5.17.